The molecule has 0 N–H and O–H groups in total. The first-order valence-electron chi connectivity index (χ1n) is 12.5. The lowest BCUT2D eigenvalue weighted by Gasteiger charge is -2.34. The summed E-state index contributed by atoms with van der Waals surface area (Å²) in [4.78, 5) is 17.7. The molecular formula is C30H32N2O3S. The van der Waals surface area contributed by atoms with Crippen molar-refractivity contribution in [2.45, 2.75) is 39.7 Å². The minimum Gasteiger partial charge on any atom is -0.493 e. The number of aromatic nitrogens is 2. The highest BCUT2D eigenvalue weighted by Crippen LogP contribution is 2.43. The Labute approximate surface area is 216 Å². The monoisotopic (exact) mass is 500 g/mol. The van der Waals surface area contributed by atoms with Crippen molar-refractivity contribution in [3.63, 3.8) is 0 Å². The number of ether oxygens (including phenoxy) is 2. The molecule has 2 aromatic heterocycles. The van der Waals surface area contributed by atoms with Gasteiger partial charge in [0.25, 0.3) is 0 Å². The Morgan fingerprint density at radius 1 is 1.11 bits per heavy atom. The Hall–Kier alpha value is -3.22. The van der Waals surface area contributed by atoms with Gasteiger partial charge in [-0.25, -0.2) is 4.98 Å². The van der Waals surface area contributed by atoms with Gasteiger partial charge in [-0.05, 0) is 37.0 Å². The maximum Gasteiger partial charge on any atom is 0.185 e. The third-order valence-electron chi connectivity index (χ3n) is 6.86. The molecule has 0 fully saturated rings. The van der Waals surface area contributed by atoms with Gasteiger partial charge >= 0.3 is 0 Å². The highest BCUT2D eigenvalue weighted by Gasteiger charge is 2.28. The lowest BCUT2D eigenvalue weighted by molar-refractivity contribution is 0.172. The minimum absolute atomic E-state index is 0.0677. The average molecular weight is 501 g/mol. The standard InChI is InChI=1S/C30H32N2O3S/c1-19(2)26-13-22-14-29(35-12-8-11-34-4)24(15-23(22)27-16-28(33)20(3)17-32(26)27)25-18-36-30(31-25)21-9-6-5-7-10-21/h5-7,9-10,14-19,26H,8,11-13H2,1-4H3. The van der Waals surface area contributed by atoms with Crippen LogP contribution in [0.4, 0.5) is 0 Å². The molecule has 0 bridgehead atoms. The molecule has 2 aromatic carbocycles. The van der Waals surface area contributed by atoms with Crippen LogP contribution in [0.3, 0.4) is 0 Å². The number of nitrogens with zero attached hydrogens (tertiary/aromatic N) is 2. The van der Waals surface area contributed by atoms with Crippen molar-refractivity contribution in [2.75, 3.05) is 20.3 Å². The van der Waals surface area contributed by atoms with E-state index in [2.05, 4.69) is 48.1 Å². The van der Waals surface area contributed by atoms with Crippen molar-refractivity contribution in [3.05, 3.63) is 81.5 Å². The lowest BCUT2D eigenvalue weighted by atomic mass is 9.86. The molecule has 4 aromatic rings. The average Bonchev–Trinajstić information content (AvgIpc) is 3.37. The summed E-state index contributed by atoms with van der Waals surface area (Å²) in [5, 5.41) is 3.06. The molecule has 0 spiro atoms. The van der Waals surface area contributed by atoms with E-state index in [0.29, 0.717) is 19.1 Å². The number of hydrogen-bond donors (Lipinski definition) is 0. The van der Waals surface area contributed by atoms with Crippen molar-refractivity contribution in [1.82, 2.24) is 9.55 Å². The third kappa shape index (κ3) is 4.75. The van der Waals surface area contributed by atoms with E-state index < -0.39 is 0 Å². The fourth-order valence-electron chi connectivity index (χ4n) is 4.87. The zero-order valence-corrected chi connectivity index (χ0v) is 22.1. The summed E-state index contributed by atoms with van der Waals surface area (Å²) >= 11 is 1.63. The molecule has 1 unspecified atom stereocenters. The van der Waals surface area contributed by atoms with Crippen LogP contribution in [-0.4, -0.2) is 29.9 Å². The Balaban J connectivity index is 1.64. The first-order valence-corrected chi connectivity index (χ1v) is 13.4. The van der Waals surface area contributed by atoms with E-state index in [4.69, 9.17) is 14.5 Å². The molecular weight excluding hydrogens is 468 g/mol. The predicted molar refractivity (Wildman–Crippen MR) is 147 cm³/mol. The molecule has 0 radical (unpaired) electrons. The predicted octanol–water partition coefficient (Wildman–Crippen LogP) is 6.78. The first kappa shape index (κ1) is 24.5. The van der Waals surface area contributed by atoms with Crippen molar-refractivity contribution < 1.29 is 9.47 Å². The van der Waals surface area contributed by atoms with Gasteiger partial charge in [0, 0.05) is 66.1 Å². The number of aryl methyl sites for hydroxylation is 1. The largest absolute Gasteiger partial charge is 0.493 e. The quantitative estimate of drug-likeness (QED) is 0.250. The molecule has 1 aliphatic rings. The Morgan fingerprint density at radius 3 is 2.67 bits per heavy atom. The van der Waals surface area contributed by atoms with Crippen LogP contribution in [0.1, 0.15) is 37.4 Å². The van der Waals surface area contributed by atoms with Crippen LogP contribution in [0, 0.1) is 12.8 Å². The fourth-order valence-corrected chi connectivity index (χ4v) is 5.70. The smallest absolute Gasteiger partial charge is 0.185 e. The number of hydrogen-bond acceptors (Lipinski definition) is 5. The Kier molecular flexibility index (Phi) is 7.08. The molecule has 3 heterocycles. The Morgan fingerprint density at radius 2 is 1.92 bits per heavy atom. The van der Waals surface area contributed by atoms with Gasteiger partial charge in [0.1, 0.15) is 10.8 Å². The molecule has 5 rings (SSSR count). The zero-order chi connectivity index (χ0) is 25.2. The second-order valence-electron chi connectivity index (χ2n) is 9.73. The van der Waals surface area contributed by atoms with Crippen molar-refractivity contribution in [1.29, 1.82) is 0 Å². The summed E-state index contributed by atoms with van der Waals surface area (Å²) in [7, 11) is 1.71. The van der Waals surface area contributed by atoms with Gasteiger partial charge in [0.2, 0.25) is 0 Å². The van der Waals surface area contributed by atoms with E-state index in [1.807, 2.05) is 31.3 Å². The first-order chi connectivity index (χ1) is 17.5. The second-order valence-corrected chi connectivity index (χ2v) is 10.6. The van der Waals surface area contributed by atoms with E-state index in [1.165, 1.54) is 5.56 Å². The number of rotatable bonds is 8. The van der Waals surface area contributed by atoms with Crippen LogP contribution in [0.5, 0.6) is 5.75 Å². The topological polar surface area (TPSA) is 53.4 Å². The number of benzene rings is 2. The van der Waals surface area contributed by atoms with Crippen LogP contribution < -0.4 is 10.2 Å². The molecule has 0 saturated carbocycles. The fraction of sp³-hybridized carbons (Fsp3) is 0.333. The van der Waals surface area contributed by atoms with E-state index in [9.17, 15) is 4.79 Å². The molecule has 6 heteroatoms. The van der Waals surface area contributed by atoms with Crippen LogP contribution in [-0.2, 0) is 11.2 Å². The number of thiazole rings is 1. The number of pyridine rings is 1. The van der Waals surface area contributed by atoms with Gasteiger partial charge in [-0.1, -0.05) is 44.2 Å². The summed E-state index contributed by atoms with van der Waals surface area (Å²) in [6.45, 7) is 7.59. The third-order valence-corrected chi connectivity index (χ3v) is 7.75. The van der Waals surface area contributed by atoms with Crippen molar-refractivity contribution >= 4 is 11.3 Å². The van der Waals surface area contributed by atoms with E-state index in [-0.39, 0.29) is 11.5 Å². The molecule has 0 aliphatic carbocycles. The Bertz CT molecular complexity index is 1420. The summed E-state index contributed by atoms with van der Waals surface area (Å²) < 4.78 is 13.8. The molecule has 5 nitrogen and oxygen atoms in total. The van der Waals surface area contributed by atoms with Crippen LogP contribution in [0.25, 0.3) is 33.1 Å². The molecule has 186 valence electrons. The van der Waals surface area contributed by atoms with Gasteiger partial charge < -0.3 is 14.0 Å². The number of fused-ring (bicyclic) bond motifs is 3. The van der Waals surface area contributed by atoms with Crippen LogP contribution >= 0.6 is 11.3 Å². The van der Waals surface area contributed by atoms with Crippen LogP contribution in [0.15, 0.2) is 64.9 Å². The summed E-state index contributed by atoms with van der Waals surface area (Å²) in [5.74, 6) is 1.26. The van der Waals surface area contributed by atoms with E-state index in [1.54, 1.807) is 24.5 Å². The summed E-state index contributed by atoms with van der Waals surface area (Å²) in [6.07, 6.45) is 3.73. The molecule has 1 aliphatic heterocycles. The summed E-state index contributed by atoms with van der Waals surface area (Å²) in [5.41, 5.74) is 7.04. The molecule has 0 saturated heterocycles. The minimum atomic E-state index is 0.0677. The lowest BCUT2D eigenvalue weighted by Crippen LogP contribution is -2.26. The molecule has 1 atom stereocenters. The summed E-state index contributed by atoms with van der Waals surface area (Å²) in [6, 6.07) is 16.6. The zero-order valence-electron chi connectivity index (χ0n) is 21.3. The van der Waals surface area contributed by atoms with E-state index >= 15 is 0 Å². The van der Waals surface area contributed by atoms with Gasteiger partial charge in [0.05, 0.1) is 18.0 Å². The SMILES string of the molecule is COCCCOc1cc2c(cc1-c1csc(-c3ccccc3)n1)-c1cc(=O)c(C)cn1C(C(C)C)C2. The van der Waals surface area contributed by atoms with Crippen LogP contribution in [0.2, 0.25) is 0 Å². The van der Waals surface area contributed by atoms with Gasteiger partial charge in [-0.2, -0.15) is 0 Å². The van der Waals surface area contributed by atoms with Gasteiger partial charge in [-0.3, -0.25) is 4.79 Å². The number of methoxy groups -OCH3 is 1. The van der Waals surface area contributed by atoms with Gasteiger partial charge in [0.15, 0.2) is 5.43 Å². The normalized spacial score (nSPS) is 14.5. The van der Waals surface area contributed by atoms with Gasteiger partial charge in [-0.15, -0.1) is 11.3 Å². The highest BCUT2D eigenvalue weighted by atomic mass is 32.1. The van der Waals surface area contributed by atoms with E-state index in [0.717, 1.165) is 57.2 Å². The maximum atomic E-state index is 12.7. The maximum absolute atomic E-state index is 12.7. The molecule has 36 heavy (non-hydrogen) atoms. The van der Waals surface area contributed by atoms with Crippen molar-refractivity contribution in [2.24, 2.45) is 5.92 Å². The second kappa shape index (κ2) is 10.4. The van der Waals surface area contributed by atoms with Crippen molar-refractivity contribution in [3.8, 4) is 38.8 Å². The molecule has 0 amide bonds. The highest BCUT2D eigenvalue weighted by molar-refractivity contribution is 7.13.